The Balaban J connectivity index is 1.57. The molecule has 1 atom stereocenters. The zero-order valence-electron chi connectivity index (χ0n) is 12.6. The van der Waals surface area contributed by atoms with Gasteiger partial charge in [0.15, 0.2) is 0 Å². The number of carbonyl (C=O) groups excluding carboxylic acids is 2. The number of aromatic nitrogens is 1. The molecule has 120 valence electrons. The van der Waals surface area contributed by atoms with Gasteiger partial charge in [0.25, 0.3) is 0 Å². The van der Waals surface area contributed by atoms with E-state index in [1.165, 1.54) is 11.3 Å². The fourth-order valence-corrected chi connectivity index (χ4v) is 3.20. The Bertz CT molecular complexity index is 660. The van der Waals surface area contributed by atoms with Crippen molar-refractivity contribution in [3.05, 3.63) is 42.0 Å². The minimum Gasteiger partial charge on any atom is -0.324 e. The van der Waals surface area contributed by atoms with E-state index in [9.17, 15) is 9.59 Å². The van der Waals surface area contributed by atoms with Crippen molar-refractivity contribution in [1.29, 1.82) is 0 Å². The molecule has 0 spiro atoms. The van der Waals surface area contributed by atoms with Crippen LogP contribution in [0.1, 0.15) is 12.8 Å². The summed E-state index contributed by atoms with van der Waals surface area (Å²) in [6, 6.07) is 7.18. The number of pyridine rings is 1. The van der Waals surface area contributed by atoms with Gasteiger partial charge in [0.1, 0.15) is 0 Å². The maximum atomic E-state index is 12.4. The number of carbonyl (C=O) groups is 2. The second-order valence-corrected chi connectivity index (χ2v) is 6.37. The van der Waals surface area contributed by atoms with Gasteiger partial charge < -0.3 is 10.2 Å². The SMILES string of the molecule is O=C(Nc1cccnc1)C1CCCN(C(=O)Nc2cccs2)C1. The second-order valence-electron chi connectivity index (χ2n) is 5.42. The van der Waals surface area contributed by atoms with Crippen molar-refractivity contribution in [2.24, 2.45) is 5.92 Å². The Labute approximate surface area is 138 Å². The van der Waals surface area contributed by atoms with Gasteiger partial charge in [-0.15, -0.1) is 11.3 Å². The summed E-state index contributed by atoms with van der Waals surface area (Å²) in [6.07, 6.45) is 4.88. The maximum absolute atomic E-state index is 12.4. The summed E-state index contributed by atoms with van der Waals surface area (Å²) < 4.78 is 0. The molecule has 3 amide bonds. The highest BCUT2D eigenvalue weighted by Crippen LogP contribution is 2.21. The monoisotopic (exact) mass is 330 g/mol. The van der Waals surface area contributed by atoms with Crippen LogP contribution in [-0.2, 0) is 4.79 Å². The molecule has 7 heteroatoms. The number of rotatable bonds is 3. The summed E-state index contributed by atoms with van der Waals surface area (Å²) in [7, 11) is 0. The molecule has 23 heavy (non-hydrogen) atoms. The van der Waals surface area contributed by atoms with Crippen LogP contribution >= 0.6 is 11.3 Å². The lowest BCUT2D eigenvalue weighted by molar-refractivity contribution is -0.121. The first kappa shape index (κ1) is 15.5. The molecule has 0 saturated carbocycles. The van der Waals surface area contributed by atoms with Gasteiger partial charge in [-0.1, -0.05) is 0 Å². The smallest absolute Gasteiger partial charge is 0.322 e. The topological polar surface area (TPSA) is 74.3 Å². The van der Waals surface area contributed by atoms with Crippen molar-refractivity contribution in [3.8, 4) is 0 Å². The molecule has 0 bridgehead atoms. The molecule has 0 radical (unpaired) electrons. The van der Waals surface area contributed by atoms with Crippen LogP contribution in [0.2, 0.25) is 0 Å². The summed E-state index contributed by atoms with van der Waals surface area (Å²) in [6.45, 7) is 1.11. The van der Waals surface area contributed by atoms with Gasteiger partial charge in [-0.05, 0) is 42.5 Å². The van der Waals surface area contributed by atoms with Crippen molar-refractivity contribution < 1.29 is 9.59 Å². The van der Waals surface area contributed by atoms with Crippen molar-refractivity contribution in [1.82, 2.24) is 9.88 Å². The summed E-state index contributed by atoms with van der Waals surface area (Å²) in [5, 5.41) is 8.45. The summed E-state index contributed by atoms with van der Waals surface area (Å²) in [5.74, 6) is -0.260. The van der Waals surface area contributed by atoms with Gasteiger partial charge >= 0.3 is 6.03 Å². The third-order valence-electron chi connectivity index (χ3n) is 3.76. The highest BCUT2D eigenvalue weighted by molar-refractivity contribution is 7.14. The van der Waals surface area contributed by atoms with Gasteiger partial charge in [-0.25, -0.2) is 4.79 Å². The number of nitrogens with zero attached hydrogens (tertiary/aromatic N) is 2. The highest BCUT2D eigenvalue weighted by atomic mass is 32.1. The summed E-state index contributed by atoms with van der Waals surface area (Å²) in [4.78, 5) is 30.3. The lowest BCUT2D eigenvalue weighted by atomic mass is 9.97. The Morgan fingerprint density at radius 2 is 2.17 bits per heavy atom. The minimum absolute atomic E-state index is 0.0633. The predicted molar refractivity (Wildman–Crippen MR) is 90.5 cm³/mol. The quantitative estimate of drug-likeness (QED) is 0.908. The molecule has 1 saturated heterocycles. The van der Waals surface area contributed by atoms with E-state index in [4.69, 9.17) is 0 Å². The number of hydrogen-bond donors (Lipinski definition) is 2. The van der Waals surface area contributed by atoms with Crippen molar-refractivity contribution in [2.75, 3.05) is 23.7 Å². The van der Waals surface area contributed by atoms with Crippen LogP contribution in [0.15, 0.2) is 42.0 Å². The first-order chi connectivity index (χ1) is 11.2. The van der Waals surface area contributed by atoms with Gasteiger partial charge in [-0.3, -0.25) is 15.1 Å². The Kier molecular flexibility index (Phi) is 4.87. The van der Waals surface area contributed by atoms with E-state index in [0.717, 1.165) is 17.8 Å². The van der Waals surface area contributed by atoms with Crippen LogP contribution in [0.3, 0.4) is 0 Å². The molecule has 0 aliphatic carbocycles. The average Bonchev–Trinajstić information content (AvgIpc) is 3.09. The molecular weight excluding hydrogens is 312 g/mol. The van der Waals surface area contributed by atoms with Crippen molar-refractivity contribution in [2.45, 2.75) is 12.8 Å². The molecule has 3 rings (SSSR count). The van der Waals surface area contributed by atoms with E-state index in [2.05, 4.69) is 15.6 Å². The van der Waals surface area contributed by atoms with E-state index in [-0.39, 0.29) is 17.9 Å². The number of amides is 3. The lowest BCUT2D eigenvalue weighted by Gasteiger charge is -2.31. The number of hydrogen-bond acceptors (Lipinski definition) is 4. The molecule has 1 unspecified atom stereocenters. The van der Waals surface area contributed by atoms with Crippen LogP contribution in [0, 0.1) is 5.92 Å². The summed E-state index contributed by atoms with van der Waals surface area (Å²) >= 11 is 1.48. The summed E-state index contributed by atoms with van der Waals surface area (Å²) in [5.41, 5.74) is 0.678. The molecule has 2 N–H and O–H groups in total. The molecule has 1 fully saturated rings. The van der Waals surface area contributed by atoms with E-state index in [1.54, 1.807) is 29.4 Å². The third-order valence-corrected chi connectivity index (χ3v) is 4.55. The first-order valence-electron chi connectivity index (χ1n) is 7.53. The zero-order valence-corrected chi connectivity index (χ0v) is 13.4. The molecule has 3 heterocycles. The maximum Gasteiger partial charge on any atom is 0.322 e. The molecule has 0 aromatic carbocycles. The molecule has 2 aromatic rings. The fourth-order valence-electron chi connectivity index (χ4n) is 2.59. The highest BCUT2D eigenvalue weighted by Gasteiger charge is 2.28. The van der Waals surface area contributed by atoms with E-state index in [0.29, 0.717) is 18.8 Å². The third kappa shape index (κ3) is 4.07. The van der Waals surface area contributed by atoms with Crippen LogP contribution in [0.5, 0.6) is 0 Å². The molecular formula is C16H18N4O2S. The number of nitrogens with one attached hydrogen (secondary N) is 2. The largest absolute Gasteiger partial charge is 0.324 e. The number of thiophene rings is 1. The fraction of sp³-hybridized carbons (Fsp3) is 0.312. The molecule has 1 aliphatic heterocycles. The normalized spacial score (nSPS) is 17.6. The van der Waals surface area contributed by atoms with Crippen LogP contribution in [0.25, 0.3) is 0 Å². The Hall–Kier alpha value is -2.41. The van der Waals surface area contributed by atoms with Crippen LogP contribution < -0.4 is 10.6 Å². The van der Waals surface area contributed by atoms with E-state index >= 15 is 0 Å². The second kappa shape index (κ2) is 7.23. The minimum atomic E-state index is -0.196. The lowest BCUT2D eigenvalue weighted by Crippen LogP contribution is -2.45. The van der Waals surface area contributed by atoms with Gasteiger partial charge in [0, 0.05) is 19.3 Å². The number of urea groups is 1. The number of piperidine rings is 1. The first-order valence-corrected chi connectivity index (χ1v) is 8.40. The van der Waals surface area contributed by atoms with Crippen LogP contribution in [0.4, 0.5) is 15.5 Å². The van der Waals surface area contributed by atoms with Gasteiger partial charge in [-0.2, -0.15) is 0 Å². The van der Waals surface area contributed by atoms with Crippen molar-refractivity contribution in [3.63, 3.8) is 0 Å². The van der Waals surface area contributed by atoms with Gasteiger partial charge in [0.05, 0.1) is 22.8 Å². The van der Waals surface area contributed by atoms with Gasteiger partial charge in [0.2, 0.25) is 5.91 Å². The molecule has 2 aromatic heterocycles. The standard InChI is InChI=1S/C16H18N4O2S/c21-15(18-13-5-1-7-17-10-13)12-4-2-8-20(11-12)16(22)19-14-6-3-9-23-14/h1,3,5-7,9-10,12H,2,4,8,11H2,(H,18,21)(H,19,22). The average molecular weight is 330 g/mol. The molecule has 1 aliphatic rings. The van der Waals surface area contributed by atoms with E-state index in [1.807, 2.05) is 17.5 Å². The van der Waals surface area contributed by atoms with Crippen molar-refractivity contribution >= 4 is 34.0 Å². The van der Waals surface area contributed by atoms with E-state index < -0.39 is 0 Å². The number of likely N-dealkylation sites (tertiary alicyclic amines) is 1. The zero-order chi connectivity index (χ0) is 16.1. The predicted octanol–water partition coefficient (Wildman–Crippen LogP) is 3.03. The van der Waals surface area contributed by atoms with Crippen LogP contribution in [-0.4, -0.2) is 34.9 Å². The molecule has 6 nitrogen and oxygen atoms in total. The number of anilines is 2. The Morgan fingerprint density at radius 3 is 2.91 bits per heavy atom. The Morgan fingerprint density at radius 1 is 1.26 bits per heavy atom.